The van der Waals surface area contributed by atoms with Gasteiger partial charge in [0.05, 0.1) is 18.2 Å². The first-order chi connectivity index (χ1) is 9.60. The Morgan fingerprint density at radius 3 is 2.95 bits per heavy atom. The highest BCUT2D eigenvalue weighted by Gasteiger charge is 2.23. The Kier molecular flexibility index (Phi) is 4.33. The fourth-order valence-electron chi connectivity index (χ4n) is 1.88. The highest BCUT2D eigenvalue weighted by Crippen LogP contribution is 2.10. The van der Waals surface area contributed by atoms with Crippen molar-refractivity contribution in [1.29, 1.82) is 0 Å². The summed E-state index contributed by atoms with van der Waals surface area (Å²) in [4.78, 5) is 22.9. The molecule has 1 aromatic carbocycles. The van der Waals surface area contributed by atoms with Gasteiger partial charge in [0.15, 0.2) is 0 Å². The predicted octanol–water partition coefficient (Wildman–Crippen LogP) is -0.246. The predicted molar refractivity (Wildman–Crippen MR) is 71.2 cm³/mol. The molecule has 1 aliphatic rings. The van der Waals surface area contributed by atoms with E-state index in [4.69, 9.17) is 5.73 Å². The number of carbonyl (C=O) groups is 2. The van der Waals surface area contributed by atoms with E-state index in [1.165, 1.54) is 12.1 Å². The van der Waals surface area contributed by atoms with E-state index < -0.39 is 11.7 Å². The van der Waals surface area contributed by atoms with Gasteiger partial charge in [0.25, 0.3) is 5.91 Å². The van der Waals surface area contributed by atoms with E-state index in [0.29, 0.717) is 6.54 Å². The molecule has 2 rings (SSSR count). The van der Waals surface area contributed by atoms with Crippen molar-refractivity contribution in [2.45, 2.75) is 12.5 Å². The van der Waals surface area contributed by atoms with Crippen molar-refractivity contribution in [2.24, 2.45) is 5.73 Å². The van der Waals surface area contributed by atoms with Crippen LogP contribution in [0.1, 0.15) is 22.3 Å². The van der Waals surface area contributed by atoms with Gasteiger partial charge in [0, 0.05) is 18.5 Å². The lowest BCUT2D eigenvalue weighted by atomic mass is 10.1. The van der Waals surface area contributed by atoms with Gasteiger partial charge in [-0.25, -0.2) is 4.39 Å². The van der Waals surface area contributed by atoms with Gasteiger partial charge in [-0.05, 0) is 18.2 Å². The lowest BCUT2D eigenvalue weighted by Crippen LogP contribution is -2.36. The molecule has 1 atom stereocenters. The van der Waals surface area contributed by atoms with Gasteiger partial charge in [0.1, 0.15) is 5.82 Å². The van der Waals surface area contributed by atoms with Crippen LogP contribution in [-0.2, 0) is 4.79 Å². The molecule has 1 fully saturated rings. The largest absolute Gasteiger partial charge is 0.354 e. The Balaban J connectivity index is 2.07. The van der Waals surface area contributed by atoms with Gasteiger partial charge >= 0.3 is 0 Å². The maximum Gasteiger partial charge on any atom is 0.251 e. The molecule has 1 saturated heterocycles. The number of rotatable bonds is 2. The fourth-order valence-corrected chi connectivity index (χ4v) is 1.88. The van der Waals surface area contributed by atoms with Crippen LogP contribution in [-0.4, -0.2) is 30.9 Å². The van der Waals surface area contributed by atoms with E-state index in [0.717, 1.165) is 6.07 Å². The van der Waals surface area contributed by atoms with Crippen LogP contribution in [0.15, 0.2) is 18.2 Å². The summed E-state index contributed by atoms with van der Waals surface area (Å²) in [6.45, 7) is 0.539. The highest BCUT2D eigenvalue weighted by molar-refractivity contribution is 5.95. The Labute approximate surface area is 115 Å². The zero-order valence-corrected chi connectivity index (χ0v) is 10.7. The molecule has 104 valence electrons. The number of amides is 2. The molecule has 1 unspecified atom stereocenters. The summed E-state index contributed by atoms with van der Waals surface area (Å²) in [5.74, 6) is 4.04. The number of nitrogens with two attached hydrogens (primary N) is 1. The number of nitrogens with one attached hydrogen (secondary N) is 2. The second-order valence-corrected chi connectivity index (χ2v) is 4.38. The SMILES string of the molecule is NCC#Cc1ccc(C(=O)NC2CNC(=O)C2)cc1F. The molecule has 0 aliphatic carbocycles. The lowest BCUT2D eigenvalue weighted by Gasteiger charge is -2.10. The first-order valence-corrected chi connectivity index (χ1v) is 6.16. The first-order valence-electron chi connectivity index (χ1n) is 6.16. The maximum absolute atomic E-state index is 13.7. The van der Waals surface area contributed by atoms with Gasteiger partial charge in [-0.3, -0.25) is 9.59 Å². The van der Waals surface area contributed by atoms with Crippen molar-refractivity contribution in [3.8, 4) is 11.8 Å². The zero-order valence-electron chi connectivity index (χ0n) is 10.7. The van der Waals surface area contributed by atoms with Crippen molar-refractivity contribution < 1.29 is 14.0 Å². The number of halogens is 1. The molecule has 20 heavy (non-hydrogen) atoms. The summed E-state index contributed by atoms with van der Waals surface area (Å²) in [7, 11) is 0. The summed E-state index contributed by atoms with van der Waals surface area (Å²) in [6.07, 6.45) is 0.244. The molecule has 5 nitrogen and oxygen atoms in total. The molecular weight excluding hydrogens is 261 g/mol. The van der Waals surface area contributed by atoms with Crippen LogP contribution in [0.25, 0.3) is 0 Å². The fraction of sp³-hybridized carbons (Fsp3) is 0.286. The van der Waals surface area contributed by atoms with E-state index >= 15 is 0 Å². The van der Waals surface area contributed by atoms with E-state index in [9.17, 15) is 14.0 Å². The van der Waals surface area contributed by atoms with Crippen molar-refractivity contribution >= 4 is 11.8 Å². The van der Waals surface area contributed by atoms with Gasteiger partial charge in [-0.1, -0.05) is 11.8 Å². The summed E-state index contributed by atoms with van der Waals surface area (Å²) in [5.41, 5.74) is 5.61. The molecule has 0 spiro atoms. The van der Waals surface area contributed by atoms with E-state index in [-0.39, 0.29) is 36.0 Å². The second-order valence-electron chi connectivity index (χ2n) is 4.38. The second kappa shape index (κ2) is 6.17. The Hall–Kier alpha value is -2.39. The van der Waals surface area contributed by atoms with Crippen LogP contribution in [0, 0.1) is 17.7 Å². The molecule has 1 heterocycles. The lowest BCUT2D eigenvalue weighted by molar-refractivity contribution is -0.119. The van der Waals surface area contributed by atoms with E-state index in [2.05, 4.69) is 22.5 Å². The van der Waals surface area contributed by atoms with Gasteiger partial charge in [-0.2, -0.15) is 0 Å². The van der Waals surface area contributed by atoms with Crippen LogP contribution in [0.3, 0.4) is 0 Å². The van der Waals surface area contributed by atoms with Crippen molar-refractivity contribution in [1.82, 2.24) is 10.6 Å². The highest BCUT2D eigenvalue weighted by atomic mass is 19.1. The summed E-state index contributed by atoms with van der Waals surface area (Å²) in [6, 6.07) is 3.79. The average Bonchev–Trinajstić information content (AvgIpc) is 2.82. The minimum absolute atomic E-state index is 0.103. The van der Waals surface area contributed by atoms with Gasteiger partial charge in [-0.15, -0.1) is 0 Å². The number of carbonyl (C=O) groups excluding carboxylic acids is 2. The monoisotopic (exact) mass is 275 g/mol. The first kappa shape index (κ1) is 14.0. The minimum Gasteiger partial charge on any atom is -0.354 e. The third-order valence-corrected chi connectivity index (χ3v) is 2.87. The zero-order chi connectivity index (χ0) is 14.5. The molecule has 0 bridgehead atoms. The molecule has 4 N–H and O–H groups in total. The van der Waals surface area contributed by atoms with Gasteiger partial charge < -0.3 is 16.4 Å². The van der Waals surface area contributed by atoms with Crippen molar-refractivity contribution in [2.75, 3.05) is 13.1 Å². The smallest absolute Gasteiger partial charge is 0.251 e. The number of hydrogen-bond donors (Lipinski definition) is 3. The minimum atomic E-state index is -0.570. The summed E-state index contributed by atoms with van der Waals surface area (Å²) < 4.78 is 13.7. The standard InChI is InChI=1S/C14H14FN3O2/c15-12-6-10(4-3-9(12)2-1-5-16)14(20)18-11-7-13(19)17-8-11/h3-4,6,11H,5,7-8,16H2,(H,17,19)(H,18,20). The van der Waals surface area contributed by atoms with Crippen molar-refractivity contribution in [3.63, 3.8) is 0 Å². The topological polar surface area (TPSA) is 84.2 Å². The van der Waals surface area contributed by atoms with Crippen LogP contribution in [0.2, 0.25) is 0 Å². The van der Waals surface area contributed by atoms with Crippen LogP contribution in [0.4, 0.5) is 4.39 Å². The molecule has 6 heteroatoms. The van der Waals surface area contributed by atoms with E-state index in [1.54, 1.807) is 0 Å². The molecule has 1 aromatic rings. The Morgan fingerprint density at radius 2 is 2.35 bits per heavy atom. The number of benzene rings is 1. The summed E-state index contributed by atoms with van der Waals surface area (Å²) in [5, 5.41) is 5.28. The van der Waals surface area contributed by atoms with Crippen LogP contribution < -0.4 is 16.4 Å². The van der Waals surface area contributed by atoms with Crippen LogP contribution >= 0.6 is 0 Å². The Morgan fingerprint density at radius 1 is 1.55 bits per heavy atom. The molecular formula is C14H14FN3O2. The molecule has 1 aliphatic heterocycles. The number of hydrogen-bond acceptors (Lipinski definition) is 3. The van der Waals surface area contributed by atoms with Crippen LogP contribution in [0.5, 0.6) is 0 Å². The normalized spacial score (nSPS) is 17.1. The average molecular weight is 275 g/mol. The maximum atomic E-state index is 13.7. The molecule has 0 radical (unpaired) electrons. The van der Waals surface area contributed by atoms with Crippen molar-refractivity contribution in [3.05, 3.63) is 35.1 Å². The third kappa shape index (κ3) is 3.33. The molecule has 0 saturated carbocycles. The molecule has 2 amide bonds. The van der Waals surface area contributed by atoms with Gasteiger partial charge in [0.2, 0.25) is 5.91 Å². The summed E-state index contributed by atoms with van der Waals surface area (Å²) >= 11 is 0. The van der Waals surface area contributed by atoms with E-state index in [1.807, 2.05) is 0 Å². The molecule has 0 aromatic heterocycles. The quantitative estimate of drug-likeness (QED) is 0.651. The third-order valence-electron chi connectivity index (χ3n) is 2.87. The Bertz CT molecular complexity index is 604.